The van der Waals surface area contributed by atoms with E-state index in [9.17, 15) is 9.90 Å². The van der Waals surface area contributed by atoms with Gasteiger partial charge < -0.3 is 32.9 Å². The van der Waals surface area contributed by atoms with Crippen LogP contribution in [0.2, 0.25) is 36.3 Å². The first-order valence-corrected chi connectivity index (χ1v) is 26.7. The molecule has 56 heavy (non-hydrogen) atoms. The number of benzene rings is 2. The normalized spacial score (nSPS) is 18.0. The minimum atomic E-state index is -2.40. The quantitative estimate of drug-likeness (QED) is 0.0636. The molecule has 0 spiro atoms. The summed E-state index contributed by atoms with van der Waals surface area (Å²) in [5.41, 5.74) is 1.25. The monoisotopic (exact) mass is 817 g/mol. The van der Waals surface area contributed by atoms with Crippen LogP contribution >= 0.6 is 0 Å². The molecule has 0 radical (unpaired) electrons. The number of ether oxygens (including phenoxy) is 4. The Kier molecular flexibility index (Phi) is 19.2. The Morgan fingerprint density at radius 3 is 1.84 bits per heavy atom. The van der Waals surface area contributed by atoms with E-state index in [4.69, 9.17) is 27.8 Å². The molecule has 0 aliphatic heterocycles. The molecular formula is C46H80O8Si2. The smallest absolute Gasteiger partial charge is 0.192 e. The van der Waals surface area contributed by atoms with Gasteiger partial charge in [0.05, 0.1) is 44.2 Å². The summed E-state index contributed by atoms with van der Waals surface area (Å²) in [5, 5.41) is 11.7. The minimum absolute atomic E-state index is 0.00340. The van der Waals surface area contributed by atoms with E-state index >= 15 is 0 Å². The predicted molar refractivity (Wildman–Crippen MR) is 235 cm³/mol. The zero-order valence-corrected chi connectivity index (χ0v) is 40.3. The van der Waals surface area contributed by atoms with Gasteiger partial charge in [-0.25, -0.2) is 0 Å². The number of carbonyl (C=O) groups excluding carboxylic acids is 1. The molecule has 0 saturated carbocycles. The van der Waals surface area contributed by atoms with Crippen LogP contribution in [-0.4, -0.2) is 71.9 Å². The lowest BCUT2D eigenvalue weighted by molar-refractivity contribution is -0.149. The first-order chi connectivity index (χ1) is 25.8. The standard InChI is InChI=1S/C46H80O8Si2/c1-18-40(52-32-50-30-37-22-20-19-21-23-37)35(4)42(48)36(5)41(47)33(2)28-46(12,54-56(16,17)45(9,10)11)43(34(3)29-53-55(14,15)44(6,7)8)51-31-38-24-26-39(49-13)27-25-38/h19-27,33-36,40,42-43,48H,18,28-32H2,1-17H3/t33-,34+,35+,36+,40-,42+,43-,46-/m1/s1. The highest BCUT2D eigenvalue weighted by molar-refractivity contribution is 6.74. The SMILES string of the molecule is CC[C@@H](OCOCc1ccccc1)[C@H](C)[C@H](O)[C@@H](C)C(=O)[C@H](C)C[C@@](C)(O[Si](C)(C)C(C)(C)C)[C@H](OCc1ccc(OC)cc1)[C@@H](C)CO[Si](C)(C)C(C)(C)C. The summed E-state index contributed by atoms with van der Waals surface area (Å²) >= 11 is 0. The molecule has 2 aromatic carbocycles. The zero-order chi connectivity index (χ0) is 42.7. The molecule has 8 nitrogen and oxygen atoms in total. The second-order valence-electron chi connectivity index (χ2n) is 19.5. The molecule has 0 aliphatic carbocycles. The summed E-state index contributed by atoms with van der Waals surface area (Å²) in [7, 11) is -2.81. The van der Waals surface area contributed by atoms with E-state index in [1.807, 2.05) is 82.3 Å². The van der Waals surface area contributed by atoms with E-state index in [-0.39, 0.29) is 40.6 Å². The molecule has 0 unspecified atom stereocenters. The summed E-state index contributed by atoms with van der Waals surface area (Å²) in [6.07, 6.45) is -0.440. The fourth-order valence-corrected chi connectivity index (χ4v) is 9.74. The summed E-state index contributed by atoms with van der Waals surface area (Å²) in [5.74, 6) is -0.568. The number of methoxy groups -OCH3 is 1. The van der Waals surface area contributed by atoms with Gasteiger partial charge in [0.2, 0.25) is 0 Å². The van der Waals surface area contributed by atoms with Crippen LogP contribution in [0.25, 0.3) is 0 Å². The van der Waals surface area contributed by atoms with Crippen molar-refractivity contribution in [2.75, 3.05) is 20.5 Å². The molecule has 0 heterocycles. The van der Waals surface area contributed by atoms with E-state index in [1.165, 1.54) is 0 Å². The van der Waals surface area contributed by atoms with Crippen molar-refractivity contribution in [2.24, 2.45) is 23.7 Å². The molecule has 0 amide bonds. The molecule has 2 aromatic rings. The van der Waals surface area contributed by atoms with Crippen molar-refractivity contribution in [3.8, 4) is 5.75 Å². The molecule has 8 atom stereocenters. The topological polar surface area (TPSA) is 92.7 Å². The molecule has 0 fully saturated rings. The number of ketones is 1. The lowest BCUT2D eigenvalue weighted by Crippen LogP contribution is -2.58. The third-order valence-electron chi connectivity index (χ3n) is 12.7. The van der Waals surface area contributed by atoms with Crippen LogP contribution in [0.4, 0.5) is 0 Å². The Hall–Kier alpha value is -1.90. The number of aliphatic hydroxyl groups excluding tert-OH is 1. The van der Waals surface area contributed by atoms with E-state index in [0.29, 0.717) is 32.7 Å². The number of aliphatic hydroxyl groups is 1. The van der Waals surface area contributed by atoms with Gasteiger partial charge in [0.15, 0.2) is 16.6 Å². The largest absolute Gasteiger partial charge is 0.497 e. The molecular weight excluding hydrogens is 737 g/mol. The first-order valence-electron chi connectivity index (χ1n) is 20.8. The van der Waals surface area contributed by atoms with E-state index in [0.717, 1.165) is 16.9 Å². The minimum Gasteiger partial charge on any atom is -0.497 e. The summed E-state index contributed by atoms with van der Waals surface area (Å²) in [6, 6.07) is 17.9. The van der Waals surface area contributed by atoms with Crippen LogP contribution < -0.4 is 4.74 Å². The molecule has 10 heteroatoms. The van der Waals surface area contributed by atoms with Gasteiger partial charge in [0.25, 0.3) is 0 Å². The zero-order valence-electron chi connectivity index (χ0n) is 38.3. The van der Waals surface area contributed by atoms with Gasteiger partial charge in [-0.2, -0.15) is 0 Å². The van der Waals surface area contributed by atoms with Gasteiger partial charge >= 0.3 is 0 Å². The van der Waals surface area contributed by atoms with Crippen LogP contribution in [0, 0.1) is 23.7 Å². The van der Waals surface area contributed by atoms with Crippen LogP contribution in [0.3, 0.4) is 0 Å². The summed E-state index contributed by atoms with van der Waals surface area (Å²) in [4.78, 5) is 14.4. The van der Waals surface area contributed by atoms with Crippen molar-refractivity contribution in [2.45, 2.75) is 169 Å². The van der Waals surface area contributed by atoms with Crippen LogP contribution in [-0.2, 0) is 41.1 Å². The highest BCUT2D eigenvalue weighted by atomic mass is 28.4. The van der Waals surface area contributed by atoms with Crippen molar-refractivity contribution < 1.29 is 37.7 Å². The highest BCUT2D eigenvalue weighted by Gasteiger charge is 2.50. The Morgan fingerprint density at radius 2 is 1.32 bits per heavy atom. The van der Waals surface area contributed by atoms with Gasteiger partial charge in [-0.1, -0.05) is 119 Å². The second-order valence-corrected chi connectivity index (χ2v) is 29.0. The van der Waals surface area contributed by atoms with Gasteiger partial charge in [-0.15, -0.1) is 0 Å². The fourth-order valence-electron chi connectivity index (χ4n) is 6.96. The molecule has 320 valence electrons. The fraction of sp³-hybridized carbons (Fsp3) is 0.717. The average Bonchev–Trinajstić information content (AvgIpc) is 3.12. The van der Waals surface area contributed by atoms with Crippen molar-refractivity contribution >= 4 is 22.4 Å². The third kappa shape index (κ3) is 14.4. The molecule has 0 bridgehead atoms. The maximum atomic E-state index is 14.4. The lowest BCUT2D eigenvalue weighted by atomic mass is 9.77. The Labute approximate surface area is 344 Å². The maximum Gasteiger partial charge on any atom is 0.192 e. The van der Waals surface area contributed by atoms with Crippen molar-refractivity contribution in [3.05, 3.63) is 65.7 Å². The lowest BCUT2D eigenvalue weighted by Gasteiger charge is -2.50. The van der Waals surface area contributed by atoms with Crippen molar-refractivity contribution in [1.29, 1.82) is 0 Å². The molecule has 0 aliphatic rings. The van der Waals surface area contributed by atoms with Crippen LogP contribution in [0.1, 0.15) is 107 Å². The van der Waals surface area contributed by atoms with E-state index in [1.54, 1.807) is 7.11 Å². The molecule has 0 saturated heterocycles. The molecule has 2 rings (SSSR count). The number of carbonyl (C=O) groups is 1. The maximum absolute atomic E-state index is 14.4. The Balaban J connectivity index is 2.40. The van der Waals surface area contributed by atoms with E-state index in [2.05, 4.69) is 81.6 Å². The molecule has 1 N–H and O–H groups in total. The Bertz CT molecular complexity index is 1440. The first kappa shape index (κ1) is 50.2. The molecule has 0 aromatic heterocycles. The van der Waals surface area contributed by atoms with Gasteiger partial charge in [-0.05, 0) is 79.3 Å². The number of hydrogen-bond donors (Lipinski definition) is 1. The summed E-state index contributed by atoms with van der Waals surface area (Å²) < 4.78 is 38.6. The van der Waals surface area contributed by atoms with Gasteiger partial charge in [0.1, 0.15) is 18.3 Å². The predicted octanol–water partition coefficient (Wildman–Crippen LogP) is 11.2. The van der Waals surface area contributed by atoms with Crippen LogP contribution in [0.15, 0.2) is 54.6 Å². The van der Waals surface area contributed by atoms with Gasteiger partial charge in [0, 0.05) is 30.3 Å². The number of hydrogen-bond acceptors (Lipinski definition) is 8. The van der Waals surface area contributed by atoms with Gasteiger partial charge in [-0.3, -0.25) is 4.79 Å². The van der Waals surface area contributed by atoms with E-state index < -0.39 is 46.3 Å². The van der Waals surface area contributed by atoms with Crippen molar-refractivity contribution in [1.82, 2.24) is 0 Å². The summed E-state index contributed by atoms with van der Waals surface area (Å²) in [6.45, 7) is 36.2. The average molecular weight is 817 g/mol. The third-order valence-corrected chi connectivity index (χ3v) is 21.8. The number of rotatable bonds is 24. The Morgan fingerprint density at radius 1 is 0.768 bits per heavy atom. The number of Topliss-reactive ketones (excluding diaryl/α,β-unsaturated/α-hetero) is 1. The van der Waals surface area contributed by atoms with Crippen molar-refractivity contribution in [3.63, 3.8) is 0 Å². The highest BCUT2D eigenvalue weighted by Crippen LogP contribution is 2.44. The van der Waals surface area contributed by atoms with Crippen LogP contribution in [0.5, 0.6) is 5.75 Å². The second kappa shape index (κ2) is 21.4.